The smallest absolute Gasteiger partial charge is 0.342 e. The third kappa shape index (κ3) is 3.14. The number of anilines is 1. The molecule has 0 atom stereocenters. The zero-order valence-electron chi connectivity index (χ0n) is 11.3. The normalized spacial score (nSPS) is 10.4. The highest BCUT2D eigenvalue weighted by atomic mass is 16.6. The predicted octanol–water partition coefficient (Wildman–Crippen LogP) is 1.90. The van der Waals surface area contributed by atoms with Crippen LogP contribution in [-0.4, -0.2) is 26.0 Å². The Bertz CT molecular complexity index is 690. The molecule has 0 aliphatic rings. The molecule has 0 saturated heterocycles. The molecule has 0 spiro atoms. The van der Waals surface area contributed by atoms with Crippen LogP contribution in [0.15, 0.2) is 16.7 Å². The summed E-state index contributed by atoms with van der Waals surface area (Å²) in [5.74, 6) is -0.0989. The first-order valence-corrected chi connectivity index (χ1v) is 5.93. The van der Waals surface area contributed by atoms with Crippen molar-refractivity contribution in [2.24, 2.45) is 0 Å². The Morgan fingerprint density at radius 3 is 2.76 bits per heavy atom. The summed E-state index contributed by atoms with van der Waals surface area (Å²) in [4.78, 5) is 28.9. The monoisotopic (exact) mass is 292 g/mol. The van der Waals surface area contributed by atoms with Gasteiger partial charge in [-0.3, -0.25) is 10.1 Å². The van der Waals surface area contributed by atoms with E-state index < -0.39 is 22.1 Å². The van der Waals surface area contributed by atoms with Crippen LogP contribution in [0.4, 0.5) is 11.5 Å². The molecule has 0 aliphatic heterocycles. The van der Waals surface area contributed by atoms with Gasteiger partial charge in [0.2, 0.25) is 5.89 Å². The van der Waals surface area contributed by atoms with Crippen molar-refractivity contribution in [1.82, 2.24) is 9.97 Å². The molecule has 110 valence electrons. The summed E-state index contributed by atoms with van der Waals surface area (Å²) < 4.78 is 5.35. The van der Waals surface area contributed by atoms with Crippen molar-refractivity contribution in [2.75, 3.05) is 5.32 Å². The van der Waals surface area contributed by atoms with Crippen LogP contribution in [0.1, 0.15) is 27.7 Å². The van der Waals surface area contributed by atoms with Gasteiger partial charge in [-0.25, -0.2) is 14.8 Å². The number of nitrogens with zero attached hydrogens (tertiary/aromatic N) is 3. The second kappa shape index (κ2) is 5.57. The van der Waals surface area contributed by atoms with E-state index in [1.807, 2.05) is 0 Å². The molecule has 2 aromatic rings. The number of rotatable bonds is 5. The molecule has 0 amide bonds. The molecule has 9 heteroatoms. The van der Waals surface area contributed by atoms with Crippen molar-refractivity contribution in [1.29, 1.82) is 0 Å². The lowest BCUT2D eigenvalue weighted by molar-refractivity contribution is -0.385. The van der Waals surface area contributed by atoms with Gasteiger partial charge in [0.05, 0.1) is 17.2 Å². The summed E-state index contributed by atoms with van der Waals surface area (Å²) in [5, 5.41) is 22.5. The largest absolute Gasteiger partial charge is 0.477 e. The van der Waals surface area contributed by atoms with E-state index in [0.717, 1.165) is 18.0 Å². The molecule has 21 heavy (non-hydrogen) atoms. The number of oxazole rings is 1. The molecular weight excluding hydrogens is 280 g/mol. The average molecular weight is 292 g/mol. The molecule has 0 aliphatic carbocycles. The first kappa shape index (κ1) is 14.4. The van der Waals surface area contributed by atoms with Crippen molar-refractivity contribution in [3.05, 3.63) is 45.3 Å². The van der Waals surface area contributed by atoms with E-state index in [0.29, 0.717) is 11.7 Å². The van der Waals surface area contributed by atoms with E-state index in [4.69, 9.17) is 9.52 Å². The molecule has 2 rings (SSSR count). The zero-order valence-corrected chi connectivity index (χ0v) is 11.3. The summed E-state index contributed by atoms with van der Waals surface area (Å²) in [6.45, 7) is 3.77. The third-order valence-electron chi connectivity index (χ3n) is 2.80. The number of carbonyl (C=O) groups is 1. The van der Waals surface area contributed by atoms with Gasteiger partial charge in [-0.15, -0.1) is 0 Å². The number of hydrogen-bond donors (Lipinski definition) is 2. The molecule has 9 nitrogen and oxygen atoms in total. The van der Waals surface area contributed by atoms with E-state index in [2.05, 4.69) is 15.3 Å². The lowest BCUT2D eigenvalue weighted by atomic mass is 10.2. The molecule has 0 fully saturated rings. The van der Waals surface area contributed by atoms with Gasteiger partial charge in [-0.2, -0.15) is 0 Å². The molecule has 0 radical (unpaired) electrons. The molecule has 2 aromatic heterocycles. The Morgan fingerprint density at radius 1 is 1.52 bits per heavy atom. The molecule has 2 heterocycles. The Kier molecular flexibility index (Phi) is 3.83. The molecular formula is C12H12N4O5. The Hall–Kier alpha value is -2.97. The van der Waals surface area contributed by atoms with Gasteiger partial charge in [0.1, 0.15) is 23.3 Å². The fourth-order valence-electron chi connectivity index (χ4n) is 1.64. The van der Waals surface area contributed by atoms with Crippen LogP contribution in [0.2, 0.25) is 0 Å². The number of hydrogen-bond acceptors (Lipinski definition) is 7. The highest BCUT2D eigenvalue weighted by molar-refractivity contribution is 5.93. The van der Waals surface area contributed by atoms with Crippen LogP contribution in [0.25, 0.3) is 0 Å². The van der Waals surface area contributed by atoms with Crippen LogP contribution in [0, 0.1) is 24.0 Å². The van der Waals surface area contributed by atoms with Gasteiger partial charge in [0, 0.05) is 6.07 Å². The van der Waals surface area contributed by atoms with Crippen molar-refractivity contribution in [2.45, 2.75) is 20.4 Å². The SMILES string of the molecule is Cc1nc(CNc2cc(C(=O)O)c([N+](=O)[O-])cn2)oc1C. The van der Waals surface area contributed by atoms with Gasteiger partial charge in [0.15, 0.2) is 0 Å². The summed E-state index contributed by atoms with van der Waals surface area (Å²) in [6.07, 6.45) is 0.901. The predicted molar refractivity (Wildman–Crippen MR) is 71.2 cm³/mol. The number of nitrogens with one attached hydrogen (secondary N) is 1. The average Bonchev–Trinajstić information content (AvgIpc) is 2.75. The van der Waals surface area contributed by atoms with Crippen LogP contribution in [0.5, 0.6) is 0 Å². The number of pyridine rings is 1. The van der Waals surface area contributed by atoms with Gasteiger partial charge in [-0.1, -0.05) is 0 Å². The molecule has 0 aromatic carbocycles. The highest BCUT2D eigenvalue weighted by Gasteiger charge is 2.21. The fraction of sp³-hybridized carbons (Fsp3) is 0.250. The number of nitro groups is 1. The van der Waals surface area contributed by atoms with Crippen LogP contribution >= 0.6 is 0 Å². The maximum atomic E-state index is 11.0. The van der Waals surface area contributed by atoms with Gasteiger partial charge in [0.25, 0.3) is 0 Å². The third-order valence-corrected chi connectivity index (χ3v) is 2.80. The van der Waals surface area contributed by atoms with Crippen molar-refractivity contribution in [3.63, 3.8) is 0 Å². The second-order valence-corrected chi connectivity index (χ2v) is 4.25. The quantitative estimate of drug-likeness (QED) is 0.630. The lowest BCUT2D eigenvalue weighted by Gasteiger charge is -2.04. The molecule has 0 saturated carbocycles. The number of aromatic nitrogens is 2. The van der Waals surface area contributed by atoms with Gasteiger partial charge >= 0.3 is 11.7 Å². The second-order valence-electron chi connectivity index (χ2n) is 4.25. The lowest BCUT2D eigenvalue weighted by Crippen LogP contribution is -2.07. The summed E-state index contributed by atoms with van der Waals surface area (Å²) in [6, 6.07) is 1.10. The van der Waals surface area contributed by atoms with Gasteiger partial charge in [-0.05, 0) is 13.8 Å². The molecule has 0 bridgehead atoms. The zero-order chi connectivity index (χ0) is 15.6. The van der Waals surface area contributed by atoms with E-state index in [-0.39, 0.29) is 12.4 Å². The summed E-state index contributed by atoms with van der Waals surface area (Å²) >= 11 is 0. The Balaban J connectivity index is 2.19. The summed E-state index contributed by atoms with van der Waals surface area (Å²) in [7, 11) is 0. The van der Waals surface area contributed by atoms with Crippen molar-refractivity contribution in [3.8, 4) is 0 Å². The minimum absolute atomic E-state index is 0.187. The van der Waals surface area contributed by atoms with Crippen molar-refractivity contribution < 1.29 is 19.2 Å². The first-order valence-electron chi connectivity index (χ1n) is 5.93. The Morgan fingerprint density at radius 2 is 2.24 bits per heavy atom. The van der Waals surface area contributed by atoms with Gasteiger partial charge < -0.3 is 14.8 Å². The van der Waals surface area contributed by atoms with E-state index in [9.17, 15) is 14.9 Å². The van der Waals surface area contributed by atoms with E-state index >= 15 is 0 Å². The van der Waals surface area contributed by atoms with Crippen molar-refractivity contribution >= 4 is 17.5 Å². The van der Waals surface area contributed by atoms with Crippen LogP contribution in [-0.2, 0) is 6.54 Å². The number of carboxylic acids is 1. The number of aryl methyl sites for hydroxylation is 2. The molecule has 2 N–H and O–H groups in total. The topological polar surface area (TPSA) is 131 Å². The first-order chi connectivity index (χ1) is 9.88. The van der Waals surface area contributed by atoms with Crippen LogP contribution in [0.3, 0.4) is 0 Å². The highest BCUT2D eigenvalue weighted by Crippen LogP contribution is 2.20. The van der Waals surface area contributed by atoms with Crippen LogP contribution < -0.4 is 5.32 Å². The molecule has 0 unspecified atom stereocenters. The Labute approximate surface area is 118 Å². The van der Waals surface area contributed by atoms with E-state index in [1.54, 1.807) is 13.8 Å². The van der Waals surface area contributed by atoms with E-state index in [1.165, 1.54) is 0 Å². The number of carboxylic acid groups (broad SMARTS) is 1. The minimum atomic E-state index is -1.39. The number of aromatic carboxylic acids is 1. The standard InChI is InChI=1S/C12H12N4O5/c1-6-7(2)21-11(15-6)5-14-10-3-8(12(17)18)9(4-13-10)16(19)20/h3-4H,5H2,1-2H3,(H,13,14)(H,17,18). The maximum Gasteiger partial charge on any atom is 0.342 e. The summed E-state index contributed by atoms with van der Waals surface area (Å²) in [5.41, 5.74) is -0.234. The minimum Gasteiger partial charge on any atom is -0.477 e. The fourth-order valence-corrected chi connectivity index (χ4v) is 1.64. The maximum absolute atomic E-state index is 11.0.